The lowest BCUT2D eigenvalue weighted by atomic mass is 10.1. The van der Waals surface area contributed by atoms with E-state index in [0.717, 1.165) is 6.92 Å². The van der Waals surface area contributed by atoms with Crippen LogP contribution in [0.15, 0.2) is 0 Å². The van der Waals surface area contributed by atoms with Crippen LogP contribution in [0.1, 0.15) is 6.92 Å². The lowest BCUT2D eigenvalue weighted by Crippen LogP contribution is -2.58. The lowest BCUT2D eigenvalue weighted by Gasteiger charge is -2.27. The van der Waals surface area contributed by atoms with E-state index in [9.17, 15) is 30.4 Å². The maximum absolute atomic E-state index is 12.7. The summed E-state index contributed by atoms with van der Waals surface area (Å²) in [6.45, 7) is -0.0621. The second kappa shape index (κ2) is 4.80. The smallest absolute Gasteiger partial charge is 0.329 e. The Bertz CT molecular complexity index is 326. The van der Waals surface area contributed by atoms with Crippen molar-refractivity contribution in [3.05, 3.63) is 0 Å². The van der Waals surface area contributed by atoms with Gasteiger partial charge < -0.3 is 5.73 Å². The first-order chi connectivity index (χ1) is 6.98. The van der Waals surface area contributed by atoms with Crippen LogP contribution in [0, 0.1) is 0 Å². The number of nitrogens with one attached hydrogen (secondary N) is 1. The Labute approximate surface area is 89.0 Å². The topological polar surface area (TPSA) is 72.2 Å². The number of alkyl halides is 5. The van der Waals surface area contributed by atoms with Crippen LogP contribution >= 0.6 is 0 Å². The van der Waals surface area contributed by atoms with E-state index in [1.165, 1.54) is 4.72 Å². The van der Waals surface area contributed by atoms with E-state index in [1.807, 2.05) is 0 Å². The zero-order valence-corrected chi connectivity index (χ0v) is 9.00. The van der Waals surface area contributed by atoms with Crippen molar-refractivity contribution in [2.45, 2.75) is 25.1 Å². The Morgan fingerprint density at radius 3 is 1.94 bits per heavy atom. The molecule has 0 saturated carbocycles. The average Bonchev–Trinajstić information content (AvgIpc) is 2.12. The Hall–Kier alpha value is -0.480. The molecule has 4 nitrogen and oxygen atoms in total. The number of nitrogens with two attached hydrogens (primary N) is 1. The van der Waals surface area contributed by atoms with Crippen molar-refractivity contribution in [3.8, 4) is 0 Å². The van der Waals surface area contributed by atoms with Crippen molar-refractivity contribution in [2.24, 2.45) is 5.73 Å². The second-order valence-electron chi connectivity index (χ2n) is 2.93. The number of halogens is 5. The highest BCUT2D eigenvalue weighted by molar-refractivity contribution is 7.89. The molecule has 0 aromatic carbocycles. The molecule has 98 valence electrons. The maximum atomic E-state index is 12.7. The van der Waals surface area contributed by atoms with Gasteiger partial charge in [-0.15, -0.1) is 0 Å². The molecular formula is C6H11F5N2O2S. The molecule has 0 aliphatic carbocycles. The fourth-order valence-corrected chi connectivity index (χ4v) is 1.61. The number of rotatable bonds is 5. The van der Waals surface area contributed by atoms with Crippen molar-refractivity contribution in [2.75, 3.05) is 12.3 Å². The minimum absolute atomic E-state index is 0.614. The largest absolute Gasteiger partial charge is 0.455 e. The molecule has 3 N–H and O–H groups in total. The van der Waals surface area contributed by atoms with E-state index >= 15 is 0 Å². The van der Waals surface area contributed by atoms with Gasteiger partial charge >= 0.3 is 12.1 Å². The van der Waals surface area contributed by atoms with Crippen molar-refractivity contribution in [3.63, 3.8) is 0 Å². The lowest BCUT2D eigenvalue weighted by molar-refractivity contribution is -0.290. The van der Waals surface area contributed by atoms with Gasteiger partial charge in [0, 0.05) is 6.54 Å². The number of sulfonamides is 1. The molecule has 0 bridgehead atoms. The van der Waals surface area contributed by atoms with Gasteiger partial charge in [0.2, 0.25) is 10.0 Å². The molecule has 10 heteroatoms. The average molecular weight is 270 g/mol. The van der Waals surface area contributed by atoms with Gasteiger partial charge in [0.1, 0.15) is 6.04 Å². The van der Waals surface area contributed by atoms with Crippen LogP contribution < -0.4 is 10.5 Å². The molecule has 0 heterocycles. The van der Waals surface area contributed by atoms with Crippen LogP contribution in [0.2, 0.25) is 0 Å². The second-order valence-corrected chi connectivity index (χ2v) is 4.97. The summed E-state index contributed by atoms with van der Waals surface area (Å²) in [6, 6.07) is -2.70. The van der Waals surface area contributed by atoms with Gasteiger partial charge in [-0.25, -0.2) is 13.1 Å². The molecular weight excluding hydrogens is 259 g/mol. The highest BCUT2D eigenvalue weighted by Gasteiger charge is 2.62. The van der Waals surface area contributed by atoms with Crippen LogP contribution in [-0.2, 0) is 10.0 Å². The summed E-state index contributed by atoms with van der Waals surface area (Å²) in [5.41, 5.74) is 4.71. The summed E-state index contributed by atoms with van der Waals surface area (Å²) in [5, 5.41) is 0. The predicted octanol–water partition coefficient (Wildman–Crippen LogP) is 0.451. The molecule has 16 heavy (non-hydrogen) atoms. The van der Waals surface area contributed by atoms with Crippen LogP contribution in [0.5, 0.6) is 0 Å². The van der Waals surface area contributed by atoms with E-state index in [0.29, 0.717) is 0 Å². The normalized spacial score (nSPS) is 16.2. The van der Waals surface area contributed by atoms with E-state index in [1.54, 1.807) is 0 Å². The fourth-order valence-electron chi connectivity index (χ4n) is 0.768. The third-order valence-corrected chi connectivity index (χ3v) is 3.16. The zero-order chi connectivity index (χ0) is 13.2. The van der Waals surface area contributed by atoms with Crippen molar-refractivity contribution < 1.29 is 30.4 Å². The molecule has 0 saturated heterocycles. The molecule has 0 rings (SSSR count). The molecule has 0 amide bonds. The summed E-state index contributed by atoms with van der Waals surface area (Å²) < 4.78 is 84.2. The Morgan fingerprint density at radius 1 is 1.25 bits per heavy atom. The predicted molar refractivity (Wildman–Crippen MR) is 46.4 cm³/mol. The molecule has 0 radical (unpaired) electrons. The minimum Gasteiger partial charge on any atom is -0.329 e. The van der Waals surface area contributed by atoms with Gasteiger partial charge in [-0.05, 0) is 6.92 Å². The summed E-state index contributed by atoms with van der Waals surface area (Å²) in [6.07, 6.45) is -5.85. The SMILES string of the molecule is CCS(=O)(=O)NC(CN)C(F)(F)C(F)(F)F. The highest BCUT2D eigenvalue weighted by Crippen LogP contribution is 2.38. The van der Waals surface area contributed by atoms with Crippen molar-refractivity contribution in [1.82, 2.24) is 4.72 Å². The molecule has 0 fully saturated rings. The Morgan fingerprint density at radius 2 is 1.69 bits per heavy atom. The van der Waals surface area contributed by atoms with E-state index in [-0.39, 0.29) is 0 Å². The Kier molecular flexibility index (Phi) is 4.65. The van der Waals surface area contributed by atoms with Gasteiger partial charge in [0.25, 0.3) is 0 Å². The molecule has 0 aliphatic heterocycles. The summed E-state index contributed by atoms with van der Waals surface area (Å²) in [7, 11) is -4.18. The molecule has 0 aliphatic rings. The van der Waals surface area contributed by atoms with E-state index < -0.39 is 40.5 Å². The number of hydrogen-bond acceptors (Lipinski definition) is 3. The van der Waals surface area contributed by atoms with Gasteiger partial charge in [-0.1, -0.05) is 0 Å². The Balaban J connectivity index is 5.03. The molecule has 0 aromatic rings. The van der Waals surface area contributed by atoms with Gasteiger partial charge in [-0.2, -0.15) is 22.0 Å². The van der Waals surface area contributed by atoms with E-state index in [4.69, 9.17) is 5.73 Å². The van der Waals surface area contributed by atoms with Crippen LogP contribution in [0.4, 0.5) is 22.0 Å². The van der Waals surface area contributed by atoms with E-state index in [2.05, 4.69) is 0 Å². The first-order valence-corrected chi connectivity index (χ1v) is 5.77. The van der Waals surface area contributed by atoms with Crippen LogP contribution in [0.25, 0.3) is 0 Å². The first-order valence-electron chi connectivity index (χ1n) is 4.12. The molecule has 1 unspecified atom stereocenters. The molecule has 0 spiro atoms. The van der Waals surface area contributed by atoms with Gasteiger partial charge in [-0.3, -0.25) is 0 Å². The summed E-state index contributed by atoms with van der Waals surface area (Å²) in [4.78, 5) is 0. The third kappa shape index (κ3) is 3.52. The van der Waals surface area contributed by atoms with Crippen molar-refractivity contribution in [1.29, 1.82) is 0 Å². The maximum Gasteiger partial charge on any atom is 0.455 e. The number of hydrogen-bond donors (Lipinski definition) is 2. The first kappa shape index (κ1) is 15.5. The summed E-state index contributed by atoms with van der Waals surface area (Å²) in [5.74, 6) is -5.82. The molecule has 1 atom stereocenters. The van der Waals surface area contributed by atoms with Gasteiger partial charge in [0.05, 0.1) is 5.75 Å². The third-order valence-electron chi connectivity index (χ3n) is 1.75. The fraction of sp³-hybridized carbons (Fsp3) is 1.00. The standard InChI is InChI=1S/C6H11F5N2O2S/c1-2-16(14,15)13-4(3-12)5(7,8)6(9,10)11/h4,13H,2-3,12H2,1H3. The van der Waals surface area contributed by atoms with Gasteiger partial charge in [0.15, 0.2) is 0 Å². The zero-order valence-electron chi connectivity index (χ0n) is 8.18. The monoisotopic (exact) mass is 270 g/mol. The van der Waals surface area contributed by atoms with Crippen LogP contribution in [0.3, 0.4) is 0 Å². The quantitative estimate of drug-likeness (QED) is 0.712. The highest BCUT2D eigenvalue weighted by atomic mass is 32.2. The van der Waals surface area contributed by atoms with Crippen LogP contribution in [-0.4, -0.2) is 38.9 Å². The van der Waals surface area contributed by atoms with Crippen molar-refractivity contribution >= 4 is 10.0 Å². The minimum atomic E-state index is -5.85. The summed E-state index contributed by atoms with van der Waals surface area (Å²) >= 11 is 0. The molecule has 0 aromatic heterocycles.